The summed E-state index contributed by atoms with van der Waals surface area (Å²) in [6, 6.07) is 8.47. The van der Waals surface area contributed by atoms with Gasteiger partial charge in [-0.15, -0.1) is 0 Å². The van der Waals surface area contributed by atoms with E-state index in [0.717, 1.165) is 17.1 Å². The Morgan fingerprint density at radius 3 is 2.57 bits per heavy atom. The molecule has 0 aliphatic heterocycles. The number of para-hydroxylation sites is 1. The zero-order valence-electron chi connectivity index (χ0n) is 14.6. The molecule has 5 nitrogen and oxygen atoms in total. The number of hydrogen-bond acceptors (Lipinski definition) is 4. The van der Waals surface area contributed by atoms with Gasteiger partial charge in [-0.1, -0.05) is 12.1 Å². The van der Waals surface area contributed by atoms with Gasteiger partial charge in [0.05, 0.1) is 19.3 Å². The molecule has 0 spiro atoms. The maximum atomic E-state index is 5.95. The Morgan fingerprint density at radius 1 is 1.17 bits per heavy atom. The van der Waals surface area contributed by atoms with E-state index in [0.29, 0.717) is 6.54 Å². The molecule has 0 fully saturated rings. The topological polar surface area (TPSA) is 48.3 Å². The van der Waals surface area contributed by atoms with Gasteiger partial charge in [-0.05, 0) is 39.8 Å². The average molecular weight is 317 g/mol. The molecule has 126 valence electrons. The quantitative estimate of drug-likeness (QED) is 0.810. The van der Waals surface area contributed by atoms with Gasteiger partial charge < -0.3 is 14.8 Å². The molecule has 0 saturated carbocycles. The maximum absolute atomic E-state index is 5.95. The number of ether oxygens (including phenoxy) is 2. The van der Waals surface area contributed by atoms with Crippen LogP contribution in [0, 0.1) is 0 Å². The van der Waals surface area contributed by atoms with Crippen LogP contribution in [0.1, 0.15) is 39.3 Å². The van der Waals surface area contributed by atoms with Gasteiger partial charge in [0.2, 0.25) is 0 Å². The van der Waals surface area contributed by atoms with Gasteiger partial charge in [0, 0.05) is 30.5 Å². The zero-order chi connectivity index (χ0) is 16.8. The first-order valence-corrected chi connectivity index (χ1v) is 8.08. The third-order valence-electron chi connectivity index (χ3n) is 3.91. The van der Waals surface area contributed by atoms with Crippen LogP contribution >= 0.6 is 0 Å². The smallest absolute Gasteiger partial charge is 0.166 e. The summed E-state index contributed by atoms with van der Waals surface area (Å²) < 4.78 is 13.4. The summed E-state index contributed by atoms with van der Waals surface area (Å²) in [5.74, 6) is 1.59. The lowest BCUT2D eigenvalue weighted by atomic mass is 10.1. The Hall–Kier alpha value is -2.01. The molecule has 2 unspecified atom stereocenters. The number of rotatable bonds is 8. The van der Waals surface area contributed by atoms with Crippen molar-refractivity contribution < 1.29 is 9.47 Å². The summed E-state index contributed by atoms with van der Waals surface area (Å²) in [6.07, 6.45) is 3.90. The molecule has 0 radical (unpaired) electrons. The van der Waals surface area contributed by atoms with Crippen molar-refractivity contribution in [3.8, 4) is 11.5 Å². The molecule has 23 heavy (non-hydrogen) atoms. The Morgan fingerprint density at radius 2 is 1.96 bits per heavy atom. The van der Waals surface area contributed by atoms with E-state index in [1.54, 1.807) is 13.3 Å². The minimum atomic E-state index is 0.102. The van der Waals surface area contributed by atoms with Crippen molar-refractivity contribution >= 4 is 0 Å². The minimum absolute atomic E-state index is 0.102. The second-order valence-electron chi connectivity index (χ2n) is 6.01. The average Bonchev–Trinajstić information content (AvgIpc) is 3.06. The summed E-state index contributed by atoms with van der Waals surface area (Å²) >= 11 is 0. The van der Waals surface area contributed by atoms with Crippen molar-refractivity contribution in [1.82, 2.24) is 15.1 Å². The van der Waals surface area contributed by atoms with Crippen LogP contribution in [0.25, 0.3) is 0 Å². The highest BCUT2D eigenvalue weighted by Gasteiger charge is 2.16. The van der Waals surface area contributed by atoms with Crippen LogP contribution in [0.3, 0.4) is 0 Å². The second kappa shape index (κ2) is 8.02. The van der Waals surface area contributed by atoms with Crippen LogP contribution in [0.5, 0.6) is 11.5 Å². The molecule has 2 aromatic rings. The summed E-state index contributed by atoms with van der Waals surface area (Å²) in [4.78, 5) is 0. The number of nitrogens with zero attached hydrogens (tertiary/aromatic N) is 2. The van der Waals surface area contributed by atoms with Gasteiger partial charge in [-0.25, -0.2) is 0 Å². The van der Waals surface area contributed by atoms with Crippen LogP contribution in [-0.4, -0.2) is 29.0 Å². The Balaban J connectivity index is 2.07. The van der Waals surface area contributed by atoms with Gasteiger partial charge >= 0.3 is 0 Å². The Bertz CT molecular complexity index is 596. The van der Waals surface area contributed by atoms with Crippen molar-refractivity contribution in [3.05, 3.63) is 42.2 Å². The Labute approximate surface area is 138 Å². The van der Waals surface area contributed by atoms with E-state index < -0.39 is 0 Å². The van der Waals surface area contributed by atoms with E-state index in [9.17, 15) is 0 Å². The fourth-order valence-corrected chi connectivity index (χ4v) is 2.42. The standard InChI is InChI=1S/C18H27N3O2/c1-13(2)23-18-16(8-6-9-17(18)22-5)12-19-14(3)15(4)21-11-7-10-20-21/h6-11,13-15,19H,12H2,1-5H3. The molecule has 1 aromatic heterocycles. The van der Waals surface area contributed by atoms with Gasteiger partial charge in [0.1, 0.15) is 0 Å². The SMILES string of the molecule is COc1cccc(CNC(C)C(C)n2cccn2)c1OC(C)C. The lowest BCUT2D eigenvalue weighted by molar-refractivity contribution is 0.226. The van der Waals surface area contributed by atoms with Gasteiger partial charge in [0.25, 0.3) is 0 Å². The first-order chi connectivity index (χ1) is 11.0. The van der Waals surface area contributed by atoms with Crippen molar-refractivity contribution in [3.63, 3.8) is 0 Å². The summed E-state index contributed by atoms with van der Waals surface area (Å²) in [5, 5.41) is 7.86. The first kappa shape index (κ1) is 17.3. The molecule has 2 atom stereocenters. The largest absolute Gasteiger partial charge is 0.493 e. The fraction of sp³-hybridized carbons (Fsp3) is 0.500. The molecule has 0 amide bonds. The highest BCUT2D eigenvalue weighted by atomic mass is 16.5. The summed E-state index contributed by atoms with van der Waals surface area (Å²) in [6.45, 7) is 9.07. The second-order valence-corrected chi connectivity index (χ2v) is 6.01. The highest BCUT2D eigenvalue weighted by Crippen LogP contribution is 2.32. The number of benzene rings is 1. The predicted molar refractivity (Wildman–Crippen MR) is 92.0 cm³/mol. The number of hydrogen-bond donors (Lipinski definition) is 1. The normalized spacial score (nSPS) is 13.8. The molecule has 1 aromatic carbocycles. The van der Waals surface area contributed by atoms with E-state index >= 15 is 0 Å². The molecule has 0 aliphatic rings. The van der Waals surface area contributed by atoms with Gasteiger partial charge in [-0.3, -0.25) is 4.68 Å². The summed E-state index contributed by atoms with van der Waals surface area (Å²) in [7, 11) is 1.67. The van der Waals surface area contributed by atoms with Crippen LogP contribution < -0.4 is 14.8 Å². The van der Waals surface area contributed by atoms with Gasteiger partial charge in [-0.2, -0.15) is 5.10 Å². The van der Waals surface area contributed by atoms with Crippen LogP contribution in [-0.2, 0) is 6.54 Å². The fourth-order valence-electron chi connectivity index (χ4n) is 2.42. The molecule has 2 rings (SSSR count). The molecule has 0 saturated heterocycles. The first-order valence-electron chi connectivity index (χ1n) is 8.08. The number of nitrogens with one attached hydrogen (secondary N) is 1. The number of aromatic nitrogens is 2. The number of methoxy groups -OCH3 is 1. The zero-order valence-corrected chi connectivity index (χ0v) is 14.6. The third-order valence-corrected chi connectivity index (χ3v) is 3.91. The molecule has 0 bridgehead atoms. The molecular weight excluding hydrogens is 290 g/mol. The van der Waals surface area contributed by atoms with E-state index in [1.807, 2.05) is 42.9 Å². The Kier molecular flexibility index (Phi) is 6.04. The molecule has 0 aliphatic carbocycles. The molecular formula is C18H27N3O2. The third kappa shape index (κ3) is 4.48. The van der Waals surface area contributed by atoms with E-state index in [2.05, 4.69) is 30.3 Å². The van der Waals surface area contributed by atoms with Crippen LogP contribution in [0.2, 0.25) is 0 Å². The van der Waals surface area contributed by atoms with Crippen molar-refractivity contribution in [2.75, 3.05) is 7.11 Å². The monoisotopic (exact) mass is 317 g/mol. The minimum Gasteiger partial charge on any atom is -0.493 e. The van der Waals surface area contributed by atoms with Crippen LogP contribution in [0.15, 0.2) is 36.7 Å². The predicted octanol–water partition coefficient (Wildman–Crippen LogP) is 3.42. The summed E-state index contributed by atoms with van der Waals surface area (Å²) in [5.41, 5.74) is 1.09. The molecule has 1 heterocycles. The van der Waals surface area contributed by atoms with E-state index in [4.69, 9.17) is 9.47 Å². The van der Waals surface area contributed by atoms with Crippen LogP contribution in [0.4, 0.5) is 0 Å². The van der Waals surface area contributed by atoms with Gasteiger partial charge in [0.15, 0.2) is 11.5 Å². The van der Waals surface area contributed by atoms with Crippen molar-refractivity contribution in [2.45, 2.75) is 52.4 Å². The molecule has 1 N–H and O–H groups in total. The lowest BCUT2D eigenvalue weighted by Gasteiger charge is -2.23. The highest BCUT2D eigenvalue weighted by molar-refractivity contribution is 5.46. The van der Waals surface area contributed by atoms with Crippen molar-refractivity contribution in [2.24, 2.45) is 0 Å². The van der Waals surface area contributed by atoms with E-state index in [1.165, 1.54) is 0 Å². The maximum Gasteiger partial charge on any atom is 0.166 e. The lowest BCUT2D eigenvalue weighted by Crippen LogP contribution is -2.33. The van der Waals surface area contributed by atoms with Crippen molar-refractivity contribution in [1.29, 1.82) is 0 Å². The van der Waals surface area contributed by atoms with E-state index in [-0.39, 0.29) is 18.2 Å². The molecule has 5 heteroatoms.